The number of hydrogen-bond donors (Lipinski definition) is 4. The molecule has 0 aromatic carbocycles. The number of carbonyl (C=O) groups excluding carboxylic acids is 2. The Balaban J connectivity index is -0.0000000831. The SMILES string of the molecule is N[C@@H](CCC(=O)O)C(=O)[O-].N[C@@H](CCC(=O)O)C(=O)[O-].O.O.[Ca+2]. The average molecular weight is 368 g/mol. The fraction of sp³-hybridized carbons (Fsp3) is 0.600. The van der Waals surface area contributed by atoms with Crippen LogP contribution in [-0.4, -0.2) is 94.9 Å². The summed E-state index contributed by atoms with van der Waals surface area (Å²) in [6, 6.07) is -2.34. The van der Waals surface area contributed by atoms with E-state index in [1.54, 1.807) is 0 Å². The van der Waals surface area contributed by atoms with E-state index in [1.165, 1.54) is 0 Å². The first-order chi connectivity index (χ1) is 9.07. The molecule has 0 heterocycles. The second-order valence-corrected chi connectivity index (χ2v) is 3.72. The number of carboxylic acids is 4. The average Bonchev–Trinajstić information content (AvgIpc) is 2.33. The van der Waals surface area contributed by atoms with Crippen LogP contribution >= 0.6 is 0 Å². The van der Waals surface area contributed by atoms with Gasteiger partial charge >= 0.3 is 49.7 Å². The van der Waals surface area contributed by atoms with Gasteiger partial charge in [0.15, 0.2) is 0 Å². The molecule has 0 saturated heterocycles. The Bertz CT molecular complexity index is 332. The maximum atomic E-state index is 9.88. The van der Waals surface area contributed by atoms with Crippen molar-refractivity contribution in [2.75, 3.05) is 0 Å². The molecule has 0 bridgehead atoms. The molecule has 12 nitrogen and oxygen atoms in total. The van der Waals surface area contributed by atoms with Crippen LogP contribution in [-0.2, 0) is 19.2 Å². The molecule has 0 aliphatic carbocycles. The Morgan fingerprint density at radius 3 is 1.13 bits per heavy atom. The van der Waals surface area contributed by atoms with Crippen LogP contribution in [0, 0.1) is 0 Å². The van der Waals surface area contributed by atoms with E-state index in [0.717, 1.165) is 0 Å². The van der Waals surface area contributed by atoms with Crippen molar-refractivity contribution in [2.45, 2.75) is 37.8 Å². The second kappa shape index (κ2) is 19.0. The topological polar surface area (TPSA) is 270 Å². The summed E-state index contributed by atoms with van der Waals surface area (Å²) in [6.07, 6.45) is -0.653. The van der Waals surface area contributed by atoms with Crippen LogP contribution in [0.3, 0.4) is 0 Å². The molecule has 0 saturated carbocycles. The molecule has 0 spiro atoms. The van der Waals surface area contributed by atoms with Crippen molar-refractivity contribution >= 4 is 61.6 Å². The van der Waals surface area contributed by atoms with Crippen molar-refractivity contribution < 1.29 is 50.6 Å². The Morgan fingerprint density at radius 2 is 1.00 bits per heavy atom. The van der Waals surface area contributed by atoms with Gasteiger partial charge in [-0.25, -0.2) is 0 Å². The summed E-state index contributed by atoms with van der Waals surface area (Å²) in [7, 11) is 0. The van der Waals surface area contributed by atoms with Crippen LogP contribution in [0.25, 0.3) is 0 Å². The van der Waals surface area contributed by atoms with Crippen molar-refractivity contribution in [1.29, 1.82) is 0 Å². The maximum absolute atomic E-state index is 9.88. The normalized spacial score (nSPS) is 10.9. The second-order valence-electron chi connectivity index (χ2n) is 3.72. The molecule has 0 aromatic rings. The summed E-state index contributed by atoms with van der Waals surface area (Å²) in [5.41, 5.74) is 9.88. The summed E-state index contributed by atoms with van der Waals surface area (Å²) < 4.78 is 0. The zero-order valence-electron chi connectivity index (χ0n) is 12.2. The van der Waals surface area contributed by atoms with Crippen molar-refractivity contribution in [2.24, 2.45) is 11.5 Å². The quantitative estimate of drug-likeness (QED) is 0.294. The number of carboxylic acid groups (broad SMARTS) is 4. The Hall–Kier alpha value is -1.02. The number of hydrogen-bond acceptors (Lipinski definition) is 8. The zero-order chi connectivity index (χ0) is 16.3. The molecule has 0 fully saturated rings. The van der Waals surface area contributed by atoms with E-state index in [9.17, 15) is 29.4 Å². The third-order valence-corrected chi connectivity index (χ3v) is 1.94. The summed E-state index contributed by atoms with van der Waals surface area (Å²) in [5, 5.41) is 35.9. The fourth-order valence-electron chi connectivity index (χ4n) is 0.794. The molecule has 0 amide bonds. The molecule has 0 aromatic heterocycles. The number of carbonyl (C=O) groups is 4. The van der Waals surface area contributed by atoms with E-state index >= 15 is 0 Å². The van der Waals surface area contributed by atoms with Crippen LogP contribution < -0.4 is 21.7 Å². The van der Waals surface area contributed by atoms with Crippen LogP contribution in [0.2, 0.25) is 0 Å². The van der Waals surface area contributed by atoms with E-state index < -0.39 is 36.0 Å². The first kappa shape index (κ1) is 33.6. The Kier molecular flexibility index (Phi) is 27.8. The fourth-order valence-corrected chi connectivity index (χ4v) is 0.794. The van der Waals surface area contributed by atoms with E-state index in [0.29, 0.717) is 0 Å². The zero-order valence-corrected chi connectivity index (χ0v) is 14.4. The number of nitrogens with two attached hydrogens (primary N) is 2. The standard InChI is InChI=1S/2C5H9NO4.Ca.2H2O/c2*6-3(5(9)10)1-2-4(7)8;;;/h2*3H,1-2,6H2,(H,7,8)(H,9,10);;2*1H2/q;;+2;;/p-2/t2*3-;;;/m00.../s1. The van der Waals surface area contributed by atoms with E-state index in [1.807, 2.05) is 0 Å². The monoisotopic (exact) mass is 368 g/mol. The van der Waals surface area contributed by atoms with Gasteiger partial charge in [0.1, 0.15) is 0 Å². The largest absolute Gasteiger partial charge is 2.00 e. The smallest absolute Gasteiger partial charge is 0.548 e. The minimum absolute atomic E-state index is 0. The van der Waals surface area contributed by atoms with Crippen molar-refractivity contribution in [3.05, 3.63) is 0 Å². The molecule has 0 aliphatic heterocycles. The van der Waals surface area contributed by atoms with Gasteiger partial charge in [0.25, 0.3) is 0 Å². The molecule has 0 rings (SSSR count). The minimum Gasteiger partial charge on any atom is -0.548 e. The molecule has 10 N–H and O–H groups in total. The molecule has 2 atom stereocenters. The molecule has 0 unspecified atom stereocenters. The van der Waals surface area contributed by atoms with Gasteiger partial charge in [-0.05, 0) is 12.8 Å². The predicted octanol–water partition coefficient (Wildman–Crippen LogP) is -6.17. The van der Waals surface area contributed by atoms with Crippen LogP contribution in [0.15, 0.2) is 0 Å². The van der Waals surface area contributed by atoms with Gasteiger partial charge in [0.05, 0.1) is 11.9 Å². The first-order valence-corrected chi connectivity index (χ1v) is 5.44. The minimum atomic E-state index is -1.42. The number of rotatable bonds is 8. The predicted molar refractivity (Wildman–Crippen MR) is 72.7 cm³/mol. The van der Waals surface area contributed by atoms with Gasteiger partial charge < -0.3 is 52.4 Å². The molecule has 23 heavy (non-hydrogen) atoms. The summed E-state index contributed by atoms with van der Waals surface area (Å²) >= 11 is 0. The van der Waals surface area contributed by atoms with Gasteiger partial charge in [-0.2, -0.15) is 0 Å². The van der Waals surface area contributed by atoms with E-state index in [2.05, 4.69) is 0 Å². The Labute approximate surface area is 161 Å². The molecular formula is C10H20CaN2O10. The summed E-state index contributed by atoms with van der Waals surface area (Å²) in [5.74, 6) is -4.95. The van der Waals surface area contributed by atoms with E-state index in [-0.39, 0.29) is 74.4 Å². The molecule has 0 radical (unpaired) electrons. The van der Waals surface area contributed by atoms with Gasteiger partial charge in [-0.1, -0.05) is 0 Å². The third kappa shape index (κ3) is 26.2. The number of aliphatic carboxylic acids is 4. The Morgan fingerprint density at radius 1 is 0.783 bits per heavy atom. The van der Waals surface area contributed by atoms with Gasteiger partial charge in [0, 0.05) is 24.9 Å². The van der Waals surface area contributed by atoms with E-state index in [4.69, 9.17) is 21.7 Å². The van der Waals surface area contributed by atoms with Crippen LogP contribution in [0.1, 0.15) is 25.7 Å². The van der Waals surface area contributed by atoms with Crippen molar-refractivity contribution in [1.82, 2.24) is 0 Å². The molecule has 132 valence electrons. The first-order valence-electron chi connectivity index (χ1n) is 5.44. The summed E-state index contributed by atoms with van der Waals surface area (Å²) in [4.78, 5) is 39.5. The van der Waals surface area contributed by atoms with Gasteiger partial charge in [-0.3, -0.25) is 9.59 Å². The maximum Gasteiger partial charge on any atom is 2.00 e. The molecule has 0 aliphatic rings. The van der Waals surface area contributed by atoms with Gasteiger partial charge in [0.2, 0.25) is 0 Å². The molecule has 13 heteroatoms. The van der Waals surface area contributed by atoms with Gasteiger partial charge in [-0.15, -0.1) is 0 Å². The third-order valence-electron chi connectivity index (χ3n) is 1.94. The summed E-state index contributed by atoms with van der Waals surface area (Å²) in [6.45, 7) is 0. The molecular weight excluding hydrogens is 348 g/mol. The van der Waals surface area contributed by atoms with Crippen LogP contribution in [0.4, 0.5) is 0 Å². The van der Waals surface area contributed by atoms with Crippen molar-refractivity contribution in [3.63, 3.8) is 0 Å². The van der Waals surface area contributed by atoms with Crippen molar-refractivity contribution in [3.8, 4) is 0 Å². The van der Waals surface area contributed by atoms with Crippen LogP contribution in [0.5, 0.6) is 0 Å².